The van der Waals surface area contributed by atoms with Crippen molar-refractivity contribution in [2.75, 3.05) is 17.6 Å². The lowest BCUT2D eigenvalue weighted by atomic mass is 10.1. The van der Waals surface area contributed by atoms with Crippen LogP contribution in [0.15, 0.2) is 76.1 Å². The van der Waals surface area contributed by atoms with E-state index < -0.39 is 0 Å². The molecule has 180 valence electrons. The molecule has 0 radical (unpaired) electrons. The van der Waals surface area contributed by atoms with Gasteiger partial charge in [0.25, 0.3) is 5.91 Å². The van der Waals surface area contributed by atoms with Gasteiger partial charge in [-0.15, -0.1) is 0 Å². The van der Waals surface area contributed by atoms with E-state index in [1.165, 1.54) is 29.2 Å². The number of pyridine rings is 1. The van der Waals surface area contributed by atoms with Gasteiger partial charge in [0, 0.05) is 45.3 Å². The van der Waals surface area contributed by atoms with Gasteiger partial charge in [-0.2, -0.15) is 11.8 Å². The number of rotatable bonds is 10. The SMILES string of the molecule is Cc1ccc(Sc2cnc(Nc3ccccn3)s2)cc1C(=O)NCCSCc1c(F)cccc1Cl. The Morgan fingerprint density at radius 2 is 2.03 bits per heavy atom. The van der Waals surface area contributed by atoms with Crippen LogP contribution < -0.4 is 10.6 Å². The van der Waals surface area contributed by atoms with E-state index in [9.17, 15) is 9.18 Å². The first-order valence-electron chi connectivity index (χ1n) is 10.7. The van der Waals surface area contributed by atoms with Crippen molar-refractivity contribution in [2.45, 2.75) is 21.8 Å². The zero-order chi connectivity index (χ0) is 24.6. The molecule has 4 rings (SSSR count). The normalized spacial score (nSPS) is 10.8. The smallest absolute Gasteiger partial charge is 0.251 e. The molecule has 0 saturated heterocycles. The molecule has 4 aromatic rings. The van der Waals surface area contributed by atoms with Crippen molar-refractivity contribution in [3.05, 3.63) is 94.5 Å². The molecule has 0 aliphatic heterocycles. The molecule has 0 bridgehead atoms. The predicted octanol–water partition coefficient (Wildman–Crippen LogP) is 7.20. The molecule has 2 aromatic carbocycles. The molecule has 0 fully saturated rings. The summed E-state index contributed by atoms with van der Waals surface area (Å²) in [5.41, 5.74) is 2.03. The van der Waals surface area contributed by atoms with Gasteiger partial charge in [0.1, 0.15) is 11.6 Å². The van der Waals surface area contributed by atoms with E-state index in [4.69, 9.17) is 11.6 Å². The highest BCUT2D eigenvalue weighted by Gasteiger charge is 2.12. The summed E-state index contributed by atoms with van der Waals surface area (Å²) < 4.78 is 14.9. The van der Waals surface area contributed by atoms with Crippen LogP contribution in [0, 0.1) is 12.7 Å². The van der Waals surface area contributed by atoms with Gasteiger partial charge in [0.15, 0.2) is 5.13 Å². The van der Waals surface area contributed by atoms with E-state index >= 15 is 0 Å². The summed E-state index contributed by atoms with van der Waals surface area (Å²) in [6.07, 6.45) is 3.53. The number of carbonyl (C=O) groups is 1. The molecule has 0 aliphatic carbocycles. The van der Waals surface area contributed by atoms with Crippen molar-refractivity contribution >= 4 is 63.3 Å². The Hall–Kier alpha value is -2.59. The lowest BCUT2D eigenvalue weighted by Gasteiger charge is -2.10. The second-order valence-corrected chi connectivity index (χ2v) is 11.3. The Bertz CT molecular complexity index is 1280. The van der Waals surface area contributed by atoms with E-state index in [2.05, 4.69) is 20.6 Å². The summed E-state index contributed by atoms with van der Waals surface area (Å²) in [6.45, 7) is 2.39. The van der Waals surface area contributed by atoms with Gasteiger partial charge in [-0.3, -0.25) is 4.79 Å². The number of nitrogens with one attached hydrogen (secondary N) is 2. The quantitative estimate of drug-likeness (QED) is 0.206. The number of thiazole rings is 1. The van der Waals surface area contributed by atoms with Crippen molar-refractivity contribution in [2.24, 2.45) is 0 Å². The molecule has 0 saturated carbocycles. The zero-order valence-electron chi connectivity index (χ0n) is 18.8. The van der Waals surface area contributed by atoms with Gasteiger partial charge < -0.3 is 10.6 Å². The average Bonchev–Trinajstić information content (AvgIpc) is 3.28. The molecule has 0 unspecified atom stereocenters. The van der Waals surface area contributed by atoms with E-state index in [-0.39, 0.29) is 11.7 Å². The van der Waals surface area contributed by atoms with Crippen molar-refractivity contribution in [3.63, 3.8) is 0 Å². The lowest BCUT2D eigenvalue weighted by molar-refractivity contribution is 0.0955. The van der Waals surface area contributed by atoms with E-state index in [1.54, 1.807) is 36.3 Å². The maximum atomic E-state index is 13.9. The fourth-order valence-electron chi connectivity index (χ4n) is 3.11. The minimum Gasteiger partial charge on any atom is -0.351 e. The van der Waals surface area contributed by atoms with Crippen LogP contribution in [0.1, 0.15) is 21.5 Å². The molecule has 2 aromatic heterocycles. The van der Waals surface area contributed by atoms with Crippen LogP contribution in [0.4, 0.5) is 15.3 Å². The van der Waals surface area contributed by atoms with E-state index in [0.717, 1.165) is 25.6 Å². The summed E-state index contributed by atoms with van der Waals surface area (Å²) in [6, 6.07) is 16.2. The van der Waals surface area contributed by atoms with Crippen LogP contribution in [0.2, 0.25) is 5.02 Å². The zero-order valence-corrected chi connectivity index (χ0v) is 22.0. The molecular formula is C25H22ClFN4OS3. The number of halogens is 2. The monoisotopic (exact) mass is 544 g/mol. The van der Waals surface area contributed by atoms with Crippen LogP contribution in [-0.2, 0) is 5.75 Å². The summed E-state index contributed by atoms with van der Waals surface area (Å²) in [5.74, 6) is 1.41. The molecule has 5 nitrogen and oxygen atoms in total. The number of aryl methyl sites for hydroxylation is 1. The van der Waals surface area contributed by atoms with Gasteiger partial charge in [-0.05, 0) is 48.9 Å². The minimum atomic E-state index is -0.306. The number of hydrogen-bond acceptors (Lipinski definition) is 7. The second kappa shape index (κ2) is 12.4. The summed E-state index contributed by atoms with van der Waals surface area (Å²) in [7, 11) is 0. The Morgan fingerprint density at radius 3 is 2.83 bits per heavy atom. The van der Waals surface area contributed by atoms with Crippen LogP contribution in [0.3, 0.4) is 0 Å². The summed E-state index contributed by atoms with van der Waals surface area (Å²) in [5, 5.41) is 7.32. The highest BCUT2D eigenvalue weighted by molar-refractivity contribution is 8.01. The predicted molar refractivity (Wildman–Crippen MR) is 145 cm³/mol. The van der Waals surface area contributed by atoms with Gasteiger partial charge in [-0.1, -0.05) is 52.9 Å². The lowest BCUT2D eigenvalue weighted by Crippen LogP contribution is -2.26. The highest BCUT2D eigenvalue weighted by atomic mass is 35.5. The topological polar surface area (TPSA) is 66.9 Å². The highest BCUT2D eigenvalue weighted by Crippen LogP contribution is 2.35. The number of anilines is 2. The number of thioether (sulfide) groups is 1. The number of hydrogen-bond donors (Lipinski definition) is 2. The fourth-order valence-corrected chi connectivity index (χ4v) is 6.21. The second-order valence-electron chi connectivity index (χ2n) is 7.41. The fraction of sp³-hybridized carbons (Fsp3) is 0.160. The van der Waals surface area contributed by atoms with Crippen molar-refractivity contribution in [1.29, 1.82) is 0 Å². The Labute approximate surface area is 220 Å². The Kier molecular flexibility index (Phi) is 9.03. The van der Waals surface area contributed by atoms with E-state index in [0.29, 0.717) is 34.2 Å². The standard InChI is InChI=1S/C25H22ClFN4OS3/c1-16-8-9-17(34-23-14-30-25(35-23)31-22-7-2-3-10-28-22)13-18(16)24(32)29-11-12-33-15-19-20(26)5-4-6-21(19)27/h2-10,13-14H,11-12,15H2,1H3,(H,29,32)(H,28,30,31). The average molecular weight is 545 g/mol. The first kappa shape index (κ1) is 25.5. The van der Waals surface area contributed by atoms with Crippen molar-refractivity contribution in [3.8, 4) is 0 Å². The maximum absolute atomic E-state index is 13.9. The molecule has 1 amide bonds. The molecule has 0 aliphatic rings. The van der Waals surface area contributed by atoms with Crippen LogP contribution >= 0.6 is 46.5 Å². The van der Waals surface area contributed by atoms with Crippen LogP contribution in [0.25, 0.3) is 0 Å². The molecule has 2 heterocycles. The number of aromatic nitrogens is 2. The third-order valence-electron chi connectivity index (χ3n) is 4.90. The van der Waals surface area contributed by atoms with Crippen molar-refractivity contribution < 1.29 is 9.18 Å². The third kappa shape index (κ3) is 7.20. The first-order valence-corrected chi connectivity index (χ1v) is 13.9. The largest absolute Gasteiger partial charge is 0.351 e. The van der Waals surface area contributed by atoms with Crippen LogP contribution in [0.5, 0.6) is 0 Å². The summed E-state index contributed by atoms with van der Waals surface area (Å²) in [4.78, 5) is 22.4. The van der Waals surface area contributed by atoms with Crippen LogP contribution in [-0.4, -0.2) is 28.2 Å². The Morgan fingerprint density at radius 1 is 1.14 bits per heavy atom. The van der Waals surface area contributed by atoms with Gasteiger partial charge in [0.2, 0.25) is 0 Å². The Balaban J connectivity index is 1.29. The van der Waals surface area contributed by atoms with Gasteiger partial charge >= 0.3 is 0 Å². The molecule has 10 heteroatoms. The minimum absolute atomic E-state index is 0.128. The van der Waals surface area contributed by atoms with Gasteiger partial charge in [0.05, 0.1) is 10.4 Å². The molecule has 0 spiro atoms. The number of amides is 1. The van der Waals surface area contributed by atoms with Gasteiger partial charge in [-0.25, -0.2) is 14.4 Å². The molecule has 35 heavy (non-hydrogen) atoms. The molecule has 2 N–H and O–H groups in total. The van der Waals surface area contributed by atoms with Crippen molar-refractivity contribution in [1.82, 2.24) is 15.3 Å². The number of carbonyl (C=O) groups excluding carboxylic acids is 1. The summed E-state index contributed by atoms with van der Waals surface area (Å²) >= 11 is 10.7. The van der Waals surface area contributed by atoms with E-state index in [1.807, 2.05) is 43.3 Å². The maximum Gasteiger partial charge on any atom is 0.251 e. The number of benzene rings is 2. The number of nitrogens with zero attached hydrogens (tertiary/aromatic N) is 2. The first-order chi connectivity index (χ1) is 17.0. The molecular weight excluding hydrogens is 523 g/mol. The third-order valence-corrected chi connectivity index (χ3v) is 8.24. The molecule has 0 atom stereocenters.